The van der Waals surface area contributed by atoms with Crippen LogP contribution in [0.15, 0.2) is 30.3 Å². The van der Waals surface area contributed by atoms with Crippen LogP contribution in [0.3, 0.4) is 0 Å². The Hall–Kier alpha value is -1.35. The third-order valence-electron chi connectivity index (χ3n) is 3.76. The molecular formula is C14H20N2O. The van der Waals surface area contributed by atoms with Crippen LogP contribution in [0, 0.1) is 0 Å². The second kappa shape index (κ2) is 5.32. The average Bonchev–Trinajstić information content (AvgIpc) is 2.87. The minimum Gasteiger partial charge on any atom is -0.354 e. The Kier molecular flexibility index (Phi) is 3.79. The highest BCUT2D eigenvalue weighted by molar-refractivity contribution is 5.77. The number of rotatable bonds is 4. The Balaban J connectivity index is 2.13. The lowest BCUT2D eigenvalue weighted by atomic mass is 9.79. The van der Waals surface area contributed by atoms with Gasteiger partial charge in [-0.2, -0.15) is 0 Å². The van der Waals surface area contributed by atoms with Gasteiger partial charge in [-0.05, 0) is 18.4 Å². The van der Waals surface area contributed by atoms with E-state index in [0.717, 1.165) is 12.8 Å². The summed E-state index contributed by atoms with van der Waals surface area (Å²) in [6.07, 6.45) is 4.80. The minimum atomic E-state index is -0.0628. The largest absolute Gasteiger partial charge is 0.354 e. The number of hydrogen-bond acceptors (Lipinski definition) is 2. The number of carbonyl (C=O) groups is 1. The second-order valence-electron chi connectivity index (χ2n) is 4.83. The summed E-state index contributed by atoms with van der Waals surface area (Å²) in [4.78, 5) is 11.3. The van der Waals surface area contributed by atoms with Crippen molar-refractivity contribution in [2.45, 2.75) is 31.1 Å². The molecule has 1 fully saturated rings. The van der Waals surface area contributed by atoms with Gasteiger partial charge in [-0.15, -0.1) is 0 Å². The molecule has 3 nitrogen and oxygen atoms in total. The van der Waals surface area contributed by atoms with Crippen molar-refractivity contribution in [3.05, 3.63) is 35.9 Å². The van der Waals surface area contributed by atoms with Crippen molar-refractivity contribution in [3.63, 3.8) is 0 Å². The van der Waals surface area contributed by atoms with Gasteiger partial charge in [0.2, 0.25) is 5.91 Å². The van der Waals surface area contributed by atoms with Crippen molar-refractivity contribution in [2.24, 2.45) is 5.73 Å². The molecule has 1 aliphatic carbocycles. The predicted octanol–water partition coefficient (Wildman–Crippen LogP) is 1.57. The SMILES string of the molecule is NCC(=O)NCC1(c2ccccc2)CCCC1. The molecule has 0 bridgehead atoms. The Bertz CT molecular complexity index is 369. The van der Waals surface area contributed by atoms with Crippen LogP contribution in [0.25, 0.3) is 0 Å². The summed E-state index contributed by atoms with van der Waals surface area (Å²) < 4.78 is 0. The Morgan fingerprint density at radius 2 is 1.88 bits per heavy atom. The van der Waals surface area contributed by atoms with E-state index < -0.39 is 0 Å². The lowest BCUT2D eigenvalue weighted by Gasteiger charge is -2.30. The molecule has 1 saturated carbocycles. The van der Waals surface area contributed by atoms with E-state index in [1.165, 1.54) is 18.4 Å². The topological polar surface area (TPSA) is 55.1 Å². The van der Waals surface area contributed by atoms with Crippen LogP contribution in [-0.4, -0.2) is 19.0 Å². The fourth-order valence-corrected chi connectivity index (χ4v) is 2.75. The smallest absolute Gasteiger partial charge is 0.233 e. The number of amides is 1. The molecule has 1 aliphatic rings. The minimum absolute atomic E-state index is 0.0628. The molecule has 1 amide bonds. The third-order valence-corrected chi connectivity index (χ3v) is 3.76. The summed E-state index contributed by atoms with van der Waals surface area (Å²) in [6.45, 7) is 0.790. The first-order valence-corrected chi connectivity index (χ1v) is 6.29. The van der Waals surface area contributed by atoms with Gasteiger partial charge in [0.1, 0.15) is 0 Å². The molecule has 0 atom stereocenters. The van der Waals surface area contributed by atoms with Crippen LogP contribution in [0.4, 0.5) is 0 Å². The zero-order chi connectivity index (χ0) is 12.1. The van der Waals surface area contributed by atoms with Gasteiger partial charge in [0.25, 0.3) is 0 Å². The van der Waals surface area contributed by atoms with Gasteiger partial charge in [0.05, 0.1) is 6.54 Å². The average molecular weight is 232 g/mol. The summed E-state index contributed by atoms with van der Waals surface area (Å²) in [5.74, 6) is -0.0628. The Morgan fingerprint density at radius 1 is 1.24 bits per heavy atom. The van der Waals surface area contributed by atoms with Crippen molar-refractivity contribution in [1.82, 2.24) is 5.32 Å². The molecule has 0 unspecified atom stereocenters. The van der Waals surface area contributed by atoms with Gasteiger partial charge in [-0.25, -0.2) is 0 Å². The van der Waals surface area contributed by atoms with Gasteiger partial charge in [0, 0.05) is 12.0 Å². The van der Waals surface area contributed by atoms with Crippen LogP contribution in [-0.2, 0) is 10.2 Å². The fourth-order valence-electron chi connectivity index (χ4n) is 2.75. The fraction of sp³-hybridized carbons (Fsp3) is 0.500. The number of benzene rings is 1. The molecule has 3 N–H and O–H groups in total. The number of nitrogens with one attached hydrogen (secondary N) is 1. The van der Waals surface area contributed by atoms with Gasteiger partial charge in [-0.3, -0.25) is 4.79 Å². The number of hydrogen-bond donors (Lipinski definition) is 2. The number of carbonyl (C=O) groups excluding carboxylic acids is 1. The highest BCUT2D eigenvalue weighted by atomic mass is 16.1. The van der Waals surface area contributed by atoms with Crippen molar-refractivity contribution in [2.75, 3.05) is 13.1 Å². The monoisotopic (exact) mass is 232 g/mol. The molecule has 2 rings (SSSR count). The summed E-state index contributed by atoms with van der Waals surface area (Å²) in [6, 6.07) is 10.5. The summed E-state index contributed by atoms with van der Waals surface area (Å²) in [7, 11) is 0. The predicted molar refractivity (Wildman–Crippen MR) is 68.7 cm³/mol. The normalized spacial score (nSPS) is 17.9. The lowest BCUT2D eigenvalue weighted by Crippen LogP contribution is -2.41. The summed E-state index contributed by atoms with van der Waals surface area (Å²) in [5.41, 5.74) is 6.80. The molecule has 0 saturated heterocycles. The van der Waals surface area contributed by atoms with E-state index >= 15 is 0 Å². The highest BCUT2D eigenvalue weighted by Gasteiger charge is 2.35. The third kappa shape index (κ3) is 2.67. The zero-order valence-electron chi connectivity index (χ0n) is 10.1. The van der Waals surface area contributed by atoms with Gasteiger partial charge < -0.3 is 11.1 Å². The molecule has 0 heterocycles. The van der Waals surface area contributed by atoms with E-state index in [1.807, 2.05) is 6.07 Å². The molecule has 3 heteroatoms. The van der Waals surface area contributed by atoms with Crippen molar-refractivity contribution >= 4 is 5.91 Å². The molecule has 1 aromatic rings. The van der Waals surface area contributed by atoms with Crippen LogP contribution in [0.2, 0.25) is 0 Å². The standard InChI is InChI=1S/C14H20N2O/c15-10-13(17)16-11-14(8-4-5-9-14)12-6-2-1-3-7-12/h1-3,6-7H,4-5,8-11,15H2,(H,16,17). The van der Waals surface area contributed by atoms with Crippen molar-refractivity contribution in [1.29, 1.82) is 0 Å². The first-order valence-electron chi connectivity index (χ1n) is 6.29. The molecule has 17 heavy (non-hydrogen) atoms. The van der Waals surface area contributed by atoms with Gasteiger partial charge in [-0.1, -0.05) is 43.2 Å². The quantitative estimate of drug-likeness (QED) is 0.828. The maximum absolute atomic E-state index is 11.3. The second-order valence-corrected chi connectivity index (χ2v) is 4.83. The van der Waals surface area contributed by atoms with Crippen LogP contribution in [0.1, 0.15) is 31.2 Å². The molecule has 0 radical (unpaired) electrons. The lowest BCUT2D eigenvalue weighted by molar-refractivity contribution is -0.120. The van der Waals surface area contributed by atoms with Gasteiger partial charge in [0.15, 0.2) is 0 Å². The van der Waals surface area contributed by atoms with E-state index in [2.05, 4.69) is 29.6 Å². The maximum Gasteiger partial charge on any atom is 0.233 e. The molecule has 92 valence electrons. The Labute approximate surface area is 102 Å². The first kappa shape index (κ1) is 12.1. The summed E-state index contributed by atoms with van der Waals surface area (Å²) in [5, 5.41) is 2.95. The summed E-state index contributed by atoms with van der Waals surface area (Å²) >= 11 is 0. The van der Waals surface area contributed by atoms with Crippen molar-refractivity contribution in [3.8, 4) is 0 Å². The Morgan fingerprint density at radius 3 is 2.47 bits per heavy atom. The molecule has 1 aromatic carbocycles. The number of nitrogens with two attached hydrogens (primary N) is 1. The molecule has 0 aromatic heterocycles. The van der Waals surface area contributed by atoms with E-state index in [-0.39, 0.29) is 17.9 Å². The van der Waals surface area contributed by atoms with E-state index in [1.54, 1.807) is 0 Å². The van der Waals surface area contributed by atoms with Crippen LogP contribution in [0.5, 0.6) is 0 Å². The first-order chi connectivity index (χ1) is 8.27. The molecule has 0 aliphatic heterocycles. The van der Waals surface area contributed by atoms with E-state index in [0.29, 0.717) is 6.54 Å². The van der Waals surface area contributed by atoms with Gasteiger partial charge >= 0.3 is 0 Å². The molecular weight excluding hydrogens is 212 g/mol. The van der Waals surface area contributed by atoms with E-state index in [4.69, 9.17) is 5.73 Å². The van der Waals surface area contributed by atoms with E-state index in [9.17, 15) is 4.79 Å². The highest BCUT2D eigenvalue weighted by Crippen LogP contribution is 2.40. The molecule has 0 spiro atoms. The van der Waals surface area contributed by atoms with Crippen LogP contribution >= 0.6 is 0 Å². The maximum atomic E-state index is 11.3. The van der Waals surface area contributed by atoms with Crippen molar-refractivity contribution < 1.29 is 4.79 Å². The zero-order valence-corrected chi connectivity index (χ0v) is 10.1. The van der Waals surface area contributed by atoms with Crippen LogP contribution < -0.4 is 11.1 Å².